The van der Waals surface area contributed by atoms with Gasteiger partial charge in [-0.15, -0.1) is 0 Å². The zero-order valence-corrected chi connectivity index (χ0v) is 10.7. The number of hydrogen-bond donors (Lipinski definition) is 1. The van der Waals surface area contributed by atoms with Gasteiger partial charge in [0.05, 0.1) is 6.26 Å². The first-order valence-corrected chi connectivity index (χ1v) is 7.12. The van der Waals surface area contributed by atoms with E-state index in [1.54, 1.807) is 0 Å². The molecule has 0 aromatic carbocycles. The van der Waals surface area contributed by atoms with E-state index in [1.165, 1.54) is 6.26 Å². The second-order valence-corrected chi connectivity index (χ2v) is 6.27. The van der Waals surface area contributed by atoms with E-state index in [9.17, 15) is 8.42 Å². The third-order valence-corrected chi connectivity index (χ3v) is 3.25. The topological polar surface area (TPSA) is 46.2 Å². The van der Waals surface area contributed by atoms with E-state index in [0.29, 0.717) is 11.8 Å². The van der Waals surface area contributed by atoms with Gasteiger partial charge in [0.25, 0.3) is 0 Å². The Morgan fingerprint density at radius 1 is 1.21 bits per heavy atom. The molecule has 0 aromatic rings. The van der Waals surface area contributed by atoms with Gasteiger partial charge in [-0.05, 0) is 18.3 Å². The highest BCUT2D eigenvalue weighted by molar-refractivity contribution is 7.88. The minimum absolute atomic E-state index is 0.0694. The van der Waals surface area contributed by atoms with Crippen molar-refractivity contribution in [2.75, 3.05) is 6.26 Å². The van der Waals surface area contributed by atoms with Crippen LogP contribution in [-0.2, 0) is 10.0 Å². The standard InChI is InChI=1S/C10H23NO2S/c1-6-9(4)7-10(8(2)3)11-14(5,12)13/h8-11H,6-7H2,1-5H3/t9?,10-/m0/s1. The molecule has 1 N–H and O–H groups in total. The molecular weight excluding hydrogens is 198 g/mol. The molecule has 0 aliphatic heterocycles. The second kappa shape index (κ2) is 5.71. The van der Waals surface area contributed by atoms with Gasteiger partial charge in [0.15, 0.2) is 0 Å². The molecule has 0 amide bonds. The summed E-state index contributed by atoms with van der Waals surface area (Å²) < 4.78 is 24.9. The van der Waals surface area contributed by atoms with Crippen LogP contribution in [0.4, 0.5) is 0 Å². The molecule has 2 atom stereocenters. The van der Waals surface area contributed by atoms with E-state index in [-0.39, 0.29) is 6.04 Å². The van der Waals surface area contributed by atoms with Crippen LogP contribution in [-0.4, -0.2) is 20.7 Å². The molecular formula is C10H23NO2S. The van der Waals surface area contributed by atoms with Gasteiger partial charge in [-0.2, -0.15) is 0 Å². The number of rotatable bonds is 6. The van der Waals surface area contributed by atoms with Crippen molar-refractivity contribution in [3.05, 3.63) is 0 Å². The lowest BCUT2D eigenvalue weighted by Gasteiger charge is -2.23. The summed E-state index contributed by atoms with van der Waals surface area (Å²) in [5.41, 5.74) is 0. The summed E-state index contributed by atoms with van der Waals surface area (Å²) in [6.45, 7) is 8.37. The zero-order chi connectivity index (χ0) is 11.4. The monoisotopic (exact) mass is 221 g/mol. The summed E-state index contributed by atoms with van der Waals surface area (Å²) in [5, 5.41) is 0. The fourth-order valence-electron chi connectivity index (χ4n) is 1.33. The van der Waals surface area contributed by atoms with Crippen molar-refractivity contribution in [1.29, 1.82) is 0 Å². The van der Waals surface area contributed by atoms with Crippen LogP contribution in [0, 0.1) is 11.8 Å². The fraction of sp³-hybridized carbons (Fsp3) is 1.00. The first-order chi connectivity index (χ1) is 6.26. The molecule has 0 fully saturated rings. The minimum Gasteiger partial charge on any atom is -0.213 e. The van der Waals surface area contributed by atoms with Crippen molar-refractivity contribution in [3.63, 3.8) is 0 Å². The van der Waals surface area contributed by atoms with Gasteiger partial charge in [0, 0.05) is 6.04 Å². The predicted molar refractivity (Wildman–Crippen MR) is 60.7 cm³/mol. The van der Waals surface area contributed by atoms with Crippen LogP contribution in [0.25, 0.3) is 0 Å². The summed E-state index contributed by atoms with van der Waals surface area (Å²) in [4.78, 5) is 0. The van der Waals surface area contributed by atoms with Crippen molar-refractivity contribution in [1.82, 2.24) is 4.72 Å². The highest BCUT2D eigenvalue weighted by Crippen LogP contribution is 2.16. The predicted octanol–water partition coefficient (Wildman–Crippen LogP) is 2.00. The van der Waals surface area contributed by atoms with Crippen LogP contribution in [0.2, 0.25) is 0 Å². The van der Waals surface area contributed by atoms with Gasteiger partial charge in [-0.3, -0.25) is 0 Å². The first kappa shape index (κ1) is 13.9. The molecule has 3 nitrogen and oxygen atoms in total. The summed E-state index contributed by atoms with van der Waals surface area (Å²) in [6.07, 6.45) is 3.23. The van der Waals surface area contributed by atoms with Gasteiger partial charge in [-0.25, -0.2) is 13.1 Å². The van der Waals surface area contributed by atoms with E-state index in [2.05, 4.69) is 18.6 Å². The molecule has 0 aromatic heterocycles. The maximum Gasteiger partial charge on any atom is 0.208 e. The number of hydrogen-bond acceptors (Lipinski definition) is 2. The lowest BCUT2D eigenvalue weighted by Crippen LogP contribution is -2.38. The minimum atomic E-state index is -3.07. The van der Waals surface area contributed by atoms with Gasteiger partial charge >= 0.3 is 0 Å². The Balaban J connectivity index is 4.31. The SMILES string of the molecule is CCC(C)C[C@H](NS(C)(=O)=O)C(C)C. The molecule has 0 bridgehead atoms. The highest BCUT2D eigenvalue weighted by atomic mass is 32.2. The van der Waals surface area contributed by atoms with Gasteiger partial charge < -0.3 is 0 Å². The third-order valence-electron chi connectivity index (χ3n) is 2.52. The molecule has 0 radical (unpaired) electrons. The van der Waals surface area contributed by atoms with Crippen molar-refractivity contribution < 1.29 is 8.42 Å². The number of nitrogens with one attached hydrogen (secondary N) is 1. The smallest absolute Gasteiger partial charge is 0.208 e. The van der Waals surface area contributed by atoms with Crippen LogP contribution in [0.5, 0.6) is 0 Å². The average Bonchev–Trinajstić information content (AvgIpc) is 2.00. The maximum atomic E-state index is 11.1. The van der Waals surface area contributed by atoms with Crippen molar-refractivity contribution in [2.45, 2.75) is 46.6 Å². The number of sulfonamides is 1. The van der Waals surface area contributed by atoms with Crippen molar-refractivity contribution in [3.8, 4) is 0 Å². The summed E-state index contributed by atoms with van der Waals surface area (Å²) in [6, 6.07) is 0.0694. The zero-order valence-electron chi connectivity index (χ0n) is 9.87. The lowest BCUT2D eigenvalue weighted by molar-refractivity contribution is 0.359. The Labute approximate surface area is 88.3 Å². The molecule has 4 heteroatoms. The van der Waals surface area contributed by atoms with Crippen LogP contribution in [0.15, 0.2) is 0 Å². The highest BCUT2D eigenvalue weighted by Gasteiger charge is 2.19. The molecule has 0 aliphatic carbocycles. The normalized spacial score (nSPS) is 17.0. The lowest BCUT2D eigenvalue weighted by atomic mass is 9.93. The Kier molecular flexibility index (Phi) is 5.67. The summed E-state index contributed by atoms with van der Waals surface area (Å²) in [7, 11) is -3.07. The molecule has 0 rings (SSSR count). The van der Waals surface area contributed by atoms with Crippen LogP contribution in [0.1, 0.15) is 40.5 Å². The van der Waals surface area contributed by atoms with Crippen molar-refractivity contribution >= 4 is 10.0 Å². The average molecular weight is 221 g/mol. The van der Waals surface area contributed by atoms with Gasteiger partial charge in [-0.1, -0.05) is 34.1 Å². The molecule has 0 saturated carbocycles. The molecule has 0 heterocycles. The Morgan fingerprint density at radius 2 is 1.71 bits per heavy atom. The third kappa shape index (κ3) is 6.38. The van der Waals surface area contributed by atoms with E-state index >= 15 is 0 Å². The van der Waals surface area contributed by atoms with Gasteiger partial charge in [0.1, 0.15) is 0 Å². The molecule has 86 valence electrons. The molecule has 0 spiro atoms. The van der Waals surface area contributed by atoms with Crippen LogP contribution in [0.3, 0.4) is 0 Å². The molecule has 14 heavy (non-hydrogen) atoms. The van der Waals surface area contributed by atoms with Crippen LogP contribution >= 0.6 is 0 Å². The van der Waals surface area contributed by atoms with E-state index < -0.39 is 10.0 Å². The van der Waals surface area contributed by atoms with E-state index in [0.717, 1.165) is 12.8 Å². The summed E-state index contributed by atoms with van der Waals surface area (Å²) >= 11 is 0. The van der Waals surface area contributed by atoms with Gasteiger partial charge in [0.2, 0.25) is 10.0 Å². The second-order valence-electron chi connectivity index (χ2n) is 4.49. The quantitative estimate of drug-likeness (QED) is 0.745. The first-order valence-electron chi connectivity index (χ1n) is 5.23. The molecule has 0 saturated heterocycles. The van der Waals surface area contributed by atoms with Crippen LogP contribution < -0.4 is 4.72 Å². The maximum absolute atomic E-state index is 11.1. The Bertz CT molecular complexity index is 247. The fourth-order valence-corrected chi connectivity index (χ4v) is 2.25. The van der Waals surface area contributed by atoms with Crippen molar-refractivity contribution in [2.24, 2.45) is 11.8 Å². The largest absolute Gasteiger partial charge is 0.213 e. The molecule has 1 unspecified atom stereocenters. The Hall–Kier alpha value is -0.0900. The van der Waals surface area contributed by atoms with E-state index in [4.69, 9.17) is 0 Å². The molecule has 0 aliphatic rings. The summed E-state index contributed by atoms with van der Waals surface area (Å²) in [5.74, 6) is 0.912. The Morgan fingerprint density at radius 3 is 2.00 bits per heavy atom. The van der Waals surface area contributed by atoms with E-state index in [1.807, 2.05) is 13.8 Å².